The number of nitrogens with zero attached hydrogens (tertiary/aromatic N) is 3. The summed E-state index contributed by atoms with van der Waals surface area (Å²) in [6.45, 7) is 2.11. The lowest BCUT2D eigenvalue weighted by atomic mass is 10.1. The Bertz CT molecular complexity index is 1130. The lowest BCUT2D eigenvalue weighted by Crippen LogP contribution is -2.47. The van der Waals surface area contributed by atoms with Gasteiger partial charge in [0.15, 0.2) is 0 Å². The molecular weight excluding hydrogens is 461 g/mol. The van der Waals surface area contributed by atoms with Crippen molar-refractivity contribution in [3.63, 3.8) is 0 Å². The van der Waals surface area contributed by atoms with Crippen molar-refractivity contribution >= 4 is 35.0 Å². The van der Waals surface area contributed by atoms with E-state index in [0.717, 1.165) is 11.0 Å². The van der Waals surface area contributed by atoms with E-state index < -0.39 is 11.7 Å². The molecule has 168 valence electrons. The summed E-state index contributed by atoms with van der Waals surface area (Å²) in [5.74, 6) is 1.01. The van der Waals surface area contributed by atoms with Crippen LogP contribution in [-0.4, -0.2) is 36.1 Å². The van der Waals surface area contributed by atoms with Crippen molar-refractivity contribution in [1.82, 2.24) is 9.97 Å². The minimum Gasteiger partial charge on any atom is -0.368 e. The first kappa shape index (κ1) is 22.5. The molecule has 4 rings (SSSR count). The number of thioether (sulfide) groups is 1. The van der Waals surface area contributed by atoms with Crippen molar-refractivity contribution in [2.24, 2.45) is 0 Å². The Hall–Kier alpha value is -2.65. The number of hydrogen-bond donors (Lipinski definition) is 1. The Labute approximate surface area is 192 Å². The first-order valence-corrected chi connectivity index (χ1v) is 11.3. The smallest absolute Gasteiger partial charge is 0.368 e. The molecule has 0 saturated carbocycles. The summed E-state index contributed by atoms with van der Waals surface area (Å²) in [6, 6.07) is 14.3. The van der Waals surface area contributed by atoms with Crippen LogP contribution in [0.1, 0.15) is 11.3 Å². The van der Waals surface area contributed by atoms with Crippen LogP contribution in [0, 0.1) is 0 Å². The van der Waals surface area contributed by atoms with E-state index in [2.05, 4.69) is 9.97 Å². The summed E-state index contributed by atoms with van der Waals surface area (Å²) >= 11 is 7.46. The van der Waals surface area contributed by atoms with E-state index in [1.165, 1.54) is 18.2 Å². The van der Waals surface area contributed by atoms with Crippen molar-refractivity contribution in [3.05, 3.63) is 81.2 Å². The second-order valence-corrected chi connectivity index (χ2v) is 8.81. The van der Waals surface area contributed by atoms with E-state index in [4.69, 9.17) is 11.6 Å². The fraction of sp³-hybridized carbons (Fsp3) is 0.273. The van der Waals surface area contributed by atoms with Crippen LogP contribution >= 0.6 is 23.4 Å². The normalized spacial score (nSPS) is 14.6. The first-order valence-electron chi connectivity index (χ1n) is 9.94. The van der Waals surface area contributed by atoms with Crippen molar-refractivity contribution in [2.75, 3.05) is 36.0 Å². The third-order valence-corrected chi connectivity index (χ3v) is 6.40. The summed E-state index contributed by atoms with van der Waals surface area (Å²) in [7, 11) is 0. The van der Waals surface area contributed by atoms with Crippen molar-refractivity contribution in [3.8, 4) is 0 Å². The summed E-state index contributed by atoms with van der Waals surface area (Å²) in [4.78, 5) is 24.4. The predicted octanol–water partition coefficient (Wildman–Crippen LogP) is 5.06. The maximum absolute atomic E-state index is 13.0. The zero-order valence-electron chi connectivity index (χ0n) is 16.9. The van der Waals surface area contributed by atoms with Crippen LogP contribution in [0.3, 0.4) is 0 Å². The Kier molecular flexibility index (Phi) is 6.66. The number of hydrogen-bond acceptors (Lipinski definition) is 5. The second-order valence-electron chi connectivity index (χ2n) is 7.33. The average Bonchev–Trinajstić information content (AvgIpc) is 2.78. The summed E-state index contributed by atoms with van der Waals surface area (Å²) < 4.78 is 39.0. The topological polar surface area (TPSA) is 52.2 Å². The number of benzene rings is 2. The van der Waals surface area contributed by atoms with Gasteiger partial charge in [-0.1, -0.05) is 17.7 Å². The lowest BCUT2D eigenvalue weighted by molar-refractivity contribution is -0.137. The van der Waals surface area contributed by atoms with Gasteiger partial charge >= 0.3 is 6.18 Å². The molecule has 10 heteroatoms. The largest absolute Gasteiger partial charge is 0.416 e. The number of halogens is 4. The molecule has 0 bridgehead atoms. The van der Waals surface area contributed by atoms with Crippen molar-refractivity contribution < 1.29 is 13.2 Å². The van der Waals surface area contributed by atoms with Crippen LogP contribution in [0.2, 0.25) is 5.02 Å². The van der Waals surface area contributed by atoms with E-state index in [0.29, 0.717) is 54.3 Å². The lowest BCUT2D eigenvalue weighted by Gasteiger charge is -2.36. The molecule has 3 aromatic rings. The second kappa shape index (κ2) is 9.46. The van der Waals surface area contributed by atoms with E-state index in [-0.39, 0.29) is 5.56 Å². The van der Waals surface area contributed by atoms with Gasteiger partial charge in [0.25, 0.3) is 5.56 Å². The third-order valence-electron chi connectivity index (χ3n) is 5.10. The molecule has 32 heavy (non-hydrogen) atoms. The Morgan fingerprint density at radius 1 is 1.00 bits per heavy atom. The molecule has 2 aromatic carbocycles. The number of rotatable bonds is 5. The highest BCUT2D eigenvalue weighted by Crippen LogP contribution is 2.32. The van der Waals surface area contributed by atoms with Gasteiger partial charge in [0.05, 0.1) is 11.3 Å². The van der Waals surface area contributed by atoms with Gasteiger partial charge in [-0.2, -0.15) is 13.2 Å². The molecule has 0 unspecified atom stereocenters. The van der Waals surface area contributed by atoms with E-state index in [1.54, 1.807) is 17.8 Å². The van der Waals surface area contributed by atoms with E-state index >= 15 is 0 Å². The van der Waals surface area contributed by atoms with E-state index in [9.17, 15) is 18.0 Å². The van der Waals surface area contributed by atoms with Crippen LogP contribution in [-0.2, 0) is 11.9 Å². The zero-order valence-corrected chi connectivity index (χ0v) is 18.5. The minimum absolute atomic E-state index is 0.234. The van der Waals surface area contributed by atoms with Gasteiger partial charge in [0.2, 0.25) is 5.95 Å². The fourth-order valence-electron chi connectivity index (χ4n) is 3.46. The van der Waals surface area contributed by atoms with Gasteiger partial charge < -0.3 is 9.80 Å². The number of alkyl halides is 3. The maximum atomic E-state index is 13.0. The number of aromatic nitrogens is 2. The average molecular weight is 481 g/mol. The van der Waals surface area contributed by atoms with Crippen molar-refractivity contribution in [2.45, 2.75) is 16.8 Å². The van der Waals surface area contributed by atoms with Crippen LogP contribution in [0.25, 0.3) is 0 Å². The molecule has 1 fully saturated rings. The molecule has 0 spiro atoms. The molecule has 0 amide bonds. The SMILES string of the molecule is O=c1cc(CSc2ccc(Cl)cc2)nc(N2CCN(c3cccc(C(F)(F)F)c3)CC2)[nH]1. The van der Waals surface area contributed by atoms with Gasteiger partial charge in [-0.15, -0.1) is 11.8 Å². The zero-order chi connectivity index (χ0) is 22.7. The van der Waals surface area contributed by atoms with Gasteiger partial charge in [-0.25, -0.2) is 4.98 Å². The molecule has 1 aliphatic rings. The van der Waals surface area contributed by atoms with Gasteiger partial charge in [-0.05, 0) is 42.5 Å². The number of nitrogens with one attached hydrogen (secondary N) is 1. The molecule has 1 aromatic heterocycles. The molecule has 0 radical (unpaired) electrons. The molecule has 1 aliphatic heterocycles. The van der Waals surface area contributed by atoms with Crippen LogP contribution in [0.15, 0.2) is 64.3 Å². The molecule has 0 atom stereocenters. The highest BCUT2D eigenvalue weighted by atomic mass is 35.5. The van der Waals surface area contributed by atoms with Crippen LogP contribution in [0.5, 0.6) is 0 Å². The number of piperazine rings is 1. The van der Waals surface area contributed by atoms with Crippen LogP contribution < -0.4 is 15.4 Å². The summed E-state index contributed by atoms with van der Waals surface area (Å²) in [6.07, 6.45) is -4.37. The molecular formula is C22H20ClF3N4OS. The number of H-pyrrole nitrogens is 1. The third kappa shape index (κ3) is 5.58. The van der Waals surface area contributed by atoms with Gasteiger partial charge in [0, 0.05) is 53.6 Å². The highest BCUT2D eigenvalue weighted by Gasteiger charge is 2.31. The summed E-state index contributed by atoms with van der Waals surface area (Å²) in [5.41, 5.74) is 0.300. The van der Waals surface area contributed by atoms with Gasteiger partial charge in [-0.3, -0.25) is 9.78 Å². The number of anilines is 2. The fourth-order valence-corrected chi connectivity index (χ4v) is 4.38. The molecule has 0 aliphatic carbocycles. The Morgan fingerprint density at radius 2 is 1.69 bits per heavy atom. The Morgan fingerprint density at radius 3 is 2.38 bits per heavy atom. The molecule has 5 nitrogen and oxygen atoms in total. The molecule has 1 N–H and O–H groups in total. The molecule has 1 saturated heterocycles. The molecule has 2 heterocycles. The van der Waals surface area contributed by atoms with E-state index in [1.807, 2.05) is 34.1 Å². The number of aromatic amines is 1. The predicted molar refractivity (Wildman–Crippen MR) is 122 cm³/mol. The quantitative estimate of drug-likeness (QED) is 0.517. The Balaban J connectivity index is 1.41. The summed E-state index contributed by atoms with van der Waals surface area (Å²) in [5, 5.41) is 0.662. The highest BCUT2D eigenvalue weighted by molar-refractivity contribution is 7.98. The van der Waals surface area contributed by atoms with Crippen molar-refractivity contribution in [1.29, 1.82) is 0 Å². The first-order chi connectivity index (χ1) is 15.3. The maximum Gasteiger partial charge on any atom is 0.416 e. The monoisotopic (exact) mass is 480 g/mol. The van der Waals surface area contributed by atoms with Crippen LogP contribution in [0.4, 0.5) is 24.8 Å². The van der Waals surface area contributed by atoms with Gasteiger partial charge in [0.1, 0.15) is 0 Å². The minimum atomic E-state index is -4.37. The standard InChI is InChI=1S/C22H20ClF3N4OS/c23-16-4-6-19(7-5-16)32-14-17-13-20(31)28-21(27-17)30-10-8-29(9-11-30)18-3-1-2-15(12-18)22(24,25)26/h1-7,12-13H,8-11,14H2,(H,27,28,31).